The first-order valence-corrected chi connectivity index (χ1v) is 38.5. The molecule has 500 valence electrons. The Morgan fingerprint density at radius 3 is 1.38 bits per heavy atom. The minimum Gasteiger partial charge on any atom is -0.309 e. The van der Waals surface area contributed by atoms with Crippen LogP contribution in [-0.2, 0) is 21.7 Å². The number of fused-ring (bicyclic) bond motifs is 10. The van der Waals surface area contributed by atoms with Gasteiger partial charge in [0.15, 0.2) is 0 Å². The van der Waals surface area contributed by atoms with E-state index in [4.69, 9.17) is 0 Å². The van der Waals surface area contributed by atoms with E-state index in [1.165, 1.54) is 176 Å². The van der Waals surface area contributed by atoms with Crippen LogP contribution in [0.25, 0.3) is 121 Å². The highest BCUT2D eigenvalue weighted by Gasteiger charge is 2.45. The van der Waals surface area contributed by atoms with E-state index < -0.39 is 7.53 Å². The van der Waals surface area contributed by atoms with Gasteiger partial charge in [-0.2, -0.15) is 0 Å². The SMILES string of the molecule is CC1(C)c2ccccc2C(C)(C)c2c(-c3cc(-c4cccc(-c5cccc(-n6c7ccccc7c7cc8c9ccccc9p(-c9cccc(-c%10cccc(C%11=CC(c%12ccccc%12)=CC(c%12ccccc%12)C%11)c%10)c9)c8cc76)c5)c4)cc(-c4cccc5c4C(C)(C)c4ccccc4C5(C)C)c3)cccc21. The molecular weight excluding hydrogens is 1270 g/mol. The van der Waals surface area contributed by atoms with Crippen molar-refractivity contribution < 1.29 is 0 Å². The van der Waals surface area contributed by atoms with Crippen LogP contribution in [-0.4, -0.2) is 4.57 Å². The molecule has 14 aromatic carbocycles. The summed E-state index contributed by atoms with van der Waals surface area (Å²) in [5.74, 6) is 0.278. The summed E-state index contributed by atoms with van der Waals surface area (Å²) in [5.41, 5.74) is 32.7. The van der Waals surface area contributed by atoms with Crippen molar-refractivity contribution in [2.75, 3.05) is 0 Å². The first-order chi connectivity index (χ1) is 50.6. The summed E-state index contributed by atoms with van der Waals surface area (Å²) < 4.78 is 2.54. The first kappa shape index (κ1) is 63.6. The van der Waals surface area contributed by atoms with Crippen molar-refractivity contribution in [3.8, 4) is 66.6 Å². The van der Waals surface area contributed by atoms with Crippen LogP contribution in [0.3, 0.4) is 0 Å². The minimum atomic E-state index is -0.926. The second-order valence-electron chi connectivity index (χ2n) is 31.6. The van der Waals surface area contributed by atoms with Crippen LogP contribution in [0, 0.1) is 0 Å². The number of nitrogens with zero attached hydrogens (tertiary/aromatic N) is 1. The summed E-state index contributed by atoms with van der Waals surface area (Å²) in [4.78, 5) is 0. The maximum Gasteiger partial charge on any atom is 0.0550 e. The predicted molar refractivity (Wildman–Crippen MR) is 445 cm³/mol. The van der Waals surface area contributed by atoms with Crippen molar-refractivity contribution in [3.63, 3.8) is 0 Å². The number of hydrogen-bond acceptors (Lipinski definition) is 0. The molecule has 0 spiro atoms. The number of rotatable bonds is 10. The monoisotopic (exact) mass is 1350 g/mol. The van der Waals surface area contributed by atoms with Crippen molar-refractivity contribution in [2.45, 2.75) is 89.4 Å². The van der Waals surface area contributed by atoms with Gasteiger partial charge in [-0.05, 0) is 217 Å². The zero-order valence-electron chi connectivity index (χ0n) is 60.4. The molecule has 3 aliphatic carbocycles. The fourth-order valence-electron chi connectivity index (χ4n) is 18.9. The molecule has 2 heterocycles. The standard InChI is InChI=1S/C102H82NP/c1-99(2)87-45-17-19-47-89(87)101(5,6)97-81(43-27-49-91(97)99)77-58-76(59-78(60-77)82-44-28-50-92-98(82)102(7,8)90-48-20-18-46-88(90)100(92,3)4)70-36-23-33-67(53-70)71-37-25-39-79(61-71)103-93-51-21-15-41-83(93)85-63-86-84-42-16-22-52-95(84)104(96(86)64-94(85)103)80-40-26-38-72(62-80)68-34-24-35-69(54-68)75-56-73(65-29-11-9-12-30-65)55-74(57-75)66-31-13-10-14-32-66/h9-56,58-64,74H,57H2,1-8H3. The van der Waals surface area contributed by atoms with Gasteiger partial charge in [-0.1, -0.05) is 330 Å². The van der Waals surface area contributed by atoms with E-state index in [1.807, 2.05) is 0 Å². The summed E-state index contributed by atoms with van der Waals surface area (Å²) in [6.45, 7) is 19.5. The fraction of sp³-hybridized carbons (Fsp3) is 0.137. The Labute approximate surface area is 612 Å². The van der Waals surface area contributed by atoms with E-state index >= 15 is 0 Å². The molecule has 0 bridgehead atoms. The molecule has 0 saturated carbocycles. The second-order valence-corrected chi connectivity index (χ2v) is 33.7. The molecule has 16 aromatic rings. The minimum absolute atomic E-state index is 0.187. The van der Waals surface area contributed by atoms with Gasteiger partial charge in [-0.15, -0.1) is 0 Å². The summed E-state index contributed by atoms with van der Waals surface area (Å²) in [7, 11) is -0.926. The summed E-state index contributed by atoms with van der Waals surface area (Å²) in [6, 6.07) is 123. The summed E-state index contributed by atoms with van der Waals surface area (Å²) in [5, 5.41) is 9.36. The van der Waals surface area contributed by atoms with Gasteiger partial charge in [-0.25, -0.2) is 0 Å². The highest BCUT2D eigenvalue weighted by molar-refractivity contribution is 7.68. The first-order valence-electron chi connectivity index (χ1n) is 37.1. The topological polar surface area (TPSA) is 4.93 Å². The number of benzene rings is 14. The van der Waals surface area contributed by atoms with E-state index in [9.17, 15) is 0 Å². The van der Waals surface area contributed by atoms with Gasteiger partial charge in [0.1, 0.15) is 0 Å². The fourth-order valence-corrected chi connectivity index (χ4v) is 21.6. The van der Waals surface area contributed by atoms with Crippen LogP contribution >= 0.6 is 7.53 Å². The van der Waals surface area contributed by atoms with Gasteiger partial charge in [0.25, 0.3) is 0 Å². The number of hydrogen-bond donors (Lipinski definition) is 0. The molecule has 0 radical (unpaired) electrons. The predicted octanol–water partition coefficient (Wildman–Crippen LogP) is 28.0. The van der Waals surface area contributed by atoms with Gasteiger partial charge in [0.05, 0.1) is 11.0 Å². The van der Waals surface area contributed by atoms with Gasteiger partial charge >= 0.3 is 0 Å². The third kappa shape index (κ3) is 10.1. The molecule has 104 heavy (non-hydrogen) atoms. The number of para-hydroxylation sites is 1. The molecule has 0 fully saturated rings. The van der Waals surface area contributed by atoms with E-state index in [2.05, 4.69) is 394 Å². The lowest BCUT2D eigenvalue weighted by Gasteiger charge is -2.45. The van der Waals surface area contributed by atoms with Gasteiger partial charge in [0.2, 0.25) is 0 Å². The normalized spacial score (nSPS) is 16.2. The van der Waals surface area contributed by atoms with Crippen LogP contribution < -0.4 is 0 Å². The van der Waals surface area contributed by atoms with Gasteiger partial charge < -0.3 is 4.57 Å². The lowest BCUT2D eigenvalue weighted by Crippen LogP contribution is -2.37. The molecule has 3 aliphatic rings. The van der Waals surface area contributed by atoms with Crippen molar-refractivity contribution >= 4 is 61.5 Å². The van der Waals surface area contributed by atoms with Crippen molar-refractivity contribution in [2.24, 2.45) is 0 Å². The number of allylic oxidation sites excluding steroid dienone is 4. The smallest absolute Gasteiger partial charge is 0.0550 e. The molecule has 0 aliphatic heterocycles. The number of aromatic nitrogens is 1. The Bertz CT molecular complexity index is 6120. The molecule has 2 unspecified atom stereocenters. The van der Waals surface area contributed by atoms with Crippen molar-refractivity contribution in [3.05, 3.63) is 395 Å². The molecule has 2 heteroatoms. The third-order valence-corrected chi connectivity index (χ3v) is 26.6. The molecule has 0 amide bonds. The average Bonchev–Trinajstić information content (AvgIpc) is 1.31. The quantitative estimate of drug-likeness (QED) is 0.129. The Balaban J connectivity index is 0.731. The van der Waals surface area contributed by atoms with Gasteiger partial charge in [0, 0.05) is 54.3 Å². The molecular formula is C102H82NP. The zero-order valence-corrected chi connectivity index (χ0v) is 61.3. The van der Waals surface area contributed by atoms with E-state index in [-0.39, 0.29) is 27.6 Å². The molecule has 0 N–H and O–H groups in total. The van der Waals surface area contributed by atoms with Gasteiger partial charge in [-0.3, -0.25) is 0 Å². The average molecular weight is 1350 g/mol. The Hall–Kier alpha value is -11.3. The highest BCUT2D eigenvalue weighted by atomic mass is 31.1. The van der Waals surface area contributed by atoms with E-state index in [0.29, 0.717) is 0 Å². The van der Waals surface area contributed by atoms with Crippen molar-refractivity contribution in [1.82, 2.24) is 4.57 Å². The van der Waals surface area contributed by atoms with Crippen LogP contribution in [0.5, 0.6) is 0 Å². The molecule has 19 rings (SSSR count). The molecule has 1 nitrogen and oxygen atoms in total. The third-order valence-electron chi connectivity index (χ3n) is 24.1. The maximum absolute atomic E-state index is 2.56. The Morgan fingerprint density at radius 1 is 0.298 bits per heavy atom. The van der Waals surface area contributed by atoms with Crippen LogP contribution in [0.4, 0.5) is 0 Å². The maximum atomic E-state index is 2.56. The van der Waals surface area contributed by atoms with E-state index in [1.54, 1.807) is 0 Å². The van der Waals surface area contributed by atoms with Crippen LogP contribution in [0.1, 0.15) is 129 Å². The molecule has 0 saturated heterocycles. The largest absolute Gasteiger partial charge is 0.309 e. The van der Waals surface area contributed by atoms with E-state index in [0.717, 1.165) is 12.1 Å². The second kappa shape index (κ2) is 24.1. The highest BCUT2D eigenvalue weighted by Crippen LogP contribution is 2.59. The Morgan fingerprint density at radius 2 is 0.750 bits per heavy atom. The lowest BCUT2D eigenvalue weighted by molar-refractivity contribution is 0.522. The lowest BCUT2D eigenvalue weighted by atomic mass is 9.58. The van der Waals surface area contributed by atoms with Crippen molar-refractivity contribution in [1.29, 1.82) is 0 Å². The summed E-state index contributed by atoms with van der Waals surface area (Å²) >= 11 is 0. The molecule has 2 atom stereocenters. The Kier molecular flexibility index (Phi) is 14.8. The molecule has 2 aromatic heterocycles. The van der Waals surface area contributed by atoms with Crippen LogP contribution in [0.2, 0.25) is 0 Å². The van der Waals surface area contributed by atoms with Crippen LogP contribution in [0.15, 0.2) is 334 Å². The zero-order chi connectivity index (χ0) is 70.4. The summed E-state index contributed by atoms with van der Waals surface area (Å²) in [6.07, 6.45) is 5.84.